The first kappa shape index (κ1) is 21.0. The van der Waals surface area contributed by atoms with Gasteiger partial charge in [0.25, 0.3) is 0 Å². The first-order valence-corrected chi connectivity index (χ1v) is 9.82. The van der Waals surface area contributed by atoms with Crippen molar-refractivity contribution in [1.82, 2.24) is 15.6 Å². The number of hydrogen-bond donors (Lipinski definition) is 2. The molecule has 7 heteroatoms. The van der Waals surface area contributed by atoms with Gasteiger partial charge in [0.1, 0.15) is 0 Å². The highest BCUT2D eigenvalue weighted by molar-refractivity contribution is 14.0. The minimum Gasteiger partial charge on any atom is -0.356 e. The summed E-state index contributed by atoms with van der Waals surface area (Å²) in [6.45, 7) is 6.05. The summed E-state index contributed by atoms with van der Waals surface area (Å²) in [5, 5.41) is 10.1. The summed E-state index contributed by atoms with van der Waals surface area (Å²) in [6, 6.07) is 8.41. The number of rotatable bonds is 6. The quantitative estimate of drug-likeness (QED) is 0.373. The third kappa shape index (κ3) is 5.84. The Kier molecular flexibility index (Phi) is 8.64. The van der Waals surface area contributed by atoms with Crippen LogP contribution in [0.5, 0.6) is 0 Å². The fraction of sp³-hybridized carbons (Fsp3) is 0.474. The highest BCUT2D eigenvalue weighted by Crippen LogP contribution is 2.24. The van der Waals surface area contributed by atoms with Crippen LogP contribution < -0.4 is 15.5 Å². The van der Waals surface area contributed by atoms with E-state index >= 15 is 0 Å². The molecule has 5 nitrogen and oxygen atoms in total. The number of aliphatic imine (C=N–C) groups is 1. The molecule has 0 saturated carbocycles. The van der Waals surface area contributed by atoms with Crippen molar-refractivity contribution in [2.45, 2.75) is 32.7 Å². The summed E-state index contributed by atoms with van der Waals surface area (Å²) in [6.07, 6.45) is 3.49. The molecule has 1 saturated heterocycles. The lowest BCUT2D eigenvalue weighted by atomic mass is 10.1. The van der Waals surface area contributed by atoms with Crippen LogP contribution in [0.4, 0.5) is 5.13 Å². The topological polar surface area (TPSA) is 52.6 Å². The van der Waals surface area contributed by atoms with E-state index in [0.717, 1.165) is 44.3 Å². The molecule has 1 aliphatic rings. The number of thiazole rings is 1. The van der Waals surface area contributed by atoms with Crippen molar-refractivity contribution in [1.29, 1.82) is 0 Å². The summed E-state index contributed by atoms with van der Waals surface area (Å²) in [5.74, 6) is 0.832. The molecule has 3 rings (SSSR count). The zero-order valence-corrected chi connectivity index (χ0v) is 18.6. The molecule has 2 aromatic rings. The maximum atomic E-state index is 4.76. The Balaban J connectivity index is 0.00000243. The number of aryl methyl sites for hydroxylation is 1. The summed E-state index contributed by atoms with van der Waals surface area (Å²) in [7, 11) is 1.81. The van der Waals surface area contributed by atoms with Crippen molar-refractivity contribution >= 4 is 46.4 Å². The van der Waals surface area contributed by atoms with Gasteiger partial charge in [0.05, 0.1) is 5.69 Å². The van der Waals surface area contributed by atoms with Gasteiger partial charge in [0, 0.05) is 45.0 Å². The SMILES string of the molecule is CN=C(NCCc1csc(N2CCCC2)n1)NCc1ccccc1C.I. The molecule has 0 radical (unpaired) electrons. The second kappa shape index (κ2) is 10.7. The van der Waals surface area contributed by atoms with Crippen molar-refractivity contribution < 1.29 is 0 Å². The number of benzene rings is 1. The molecular weight excluding hydrogens is 457 g/mol. The minimum absolute atomic E-state index is 0. The van der Waals surface area contributed by atoms with Crippen LogP contribution in [0, 0.1) is 6.92 Å². The molecule has 26 heavy (non-hydrogen) atoms. The summed E-state index contributed by atoms with van der Waals surface area (Å²) < 4.78 is 0. The predicted octanol–water partition coefficient (Wildman–Crippen LogP) is 3.58. The van der Waals surface area contributed by atoms with Gasteiger partial charge in [-0.2, -0.15) is 0 Å². The van der Waals surface area contributed by atoms with Gasteiger partial charge in [-0.3, -0.25) is 4.99 Å². The Morgan fingerprint density at radius 3 is 2.73 bits per heavy atom. The number of hydrogen-bond acceptors (Lipinski definition) is 4. The zero-order chi connectivity index (χ0) is 17.5. The number of nitrogens with one attached hydrogen (secondary N) is 2. The fourth-order valence-electron chi connectivity index (χ4n) is 2.98. The van der Waals surface area contributed by atoms with Gasteiger partial charge in [-0.25, -0.2) is 4.98 Å². The van der Waals surface area contributed by atoms with Gasteiger partial charge in [0.15, 0.2) is 11.1 Å². The first-order chi connectivity index (χ1) is 12.3. The summed E-state index contributed by atoms with van der Waals surface area (Å²) in [4.78, 5) is 11.5. The molecule has 0 spiro atoms. The highest BCUT2D eigenvalue weighted by Gasteiger charge is 2.15. The van der Waals surface area contributed by atoms with E-state index in [1.54, 1.807) is 11.3 Å². The van der Waals surface area contributed by atoms with Crippen molar-refractivity contribution in [2.24, 2.45) is 4.99 Å². The van der Waals surface area contributed by atoms with Crippen LogP contribution in [0.1, 0.15) is 29.7 Å². The smallest absolute Gasteiger partial charge is 0.191 e. The number of anilines is 1. The average molecular weight is 485 g/mol. The summed E-state index contributed by atoms with van der Waals surface area (Å²) >= 11 is 1.76. The first-order valence-electron chi connectivity index (χ1n) is 8.94. The van der Waals surface area contributed by atoms with Gasteiger partial charge >= 0.3 is 0 Å². The molecule has 2 heterocycles. The fourth-order valence-corrected chi connectivity index (χ4v) is 3.90. The van der Waals surface area contributed by atoms with Crippen LogP contribution in [0.3, 0.4) is 0 Å². The number of guanidine groups is 1. The maximum Gasteiger partial charge on any atom is 0.191 e. The molecule has 0 aliphatic carbocycles. The van der Waals surface area contributed by atoms with Crippen LogP contribution in [-0.2, 0) is 13.0 Å². The molecule has 1 fully saturated rings. The predicted molar refractivity (Wildman–Crippen MR) is 122 cm³/mol. The molecule has 1 aromatic heterocycles. The van der Waals surface area contributed by atoms with E-state index in [2.05, 4.69) is 57.1 Å². The molecule has 2 N–H and O–H groups in total. The lowest BCUT2D eigenvalue weighted by Gasteiger charge is -2.13. The molecule has 0 atom stereocenters. The van der Waals surface area contributed by atoms with Crippen molar-refractivity contribution in [3.8, 4) is 0 Å². The van der Waals surface area contributed by atoms with Gasteiger partial charge in [0.2, 0.25) is 0 Å². The standard InChI is InChI=1S/C19H27N5S.HI/c1-15-7-3-4-8-16(15)13-22-18(20-2)21-10-9-17-14-25-19(23-17)24-11-5-6-12-24;/h3-4,7-8,14H,5-6,9-13H2,1-2H3,(H2,20,21,22);1H. The Morgan fingerprint density at radius 1 is 1.23 bits per heavy atom. The van der Waals surface area contributed by atoms with Crippen molar-refractivity contribution in [3.63, 3.8) is 0 Å². The molecule has 0 bridgehead atoms. The largest absolute Gasteiger partial charge is 0.356 e. The molecular formula is C19H28IN5S. The van der Waals surface area contributed by atoms with E-state index in [1.165, 1.54) is 29.1 Å². The van der Waals surface area contributed by atoms with Gasteiger partial charge in [-0.1, -0.05) is 24.3 Å². The maximum absolute atomic E-state index is 4.76. The van der Waals surface area contributed by atoms with E-state index in [4.69, 9.17) is 4.98 Å². The van der Waals surface area contributed by atoms with Crippen molar-refractivity contribution in [2.75, 3.05) is 31.6 Å². The Hall–Kier alpha value is -1.35. The number of halogens is 1. The molecule has 142 valence electrons. The third-order valence-corrected chi connectivity index (χ3v) is 5.47. The Bertz CT molecular complexity index is 709. The van der Waals surface area contributed by atoms with E-state index in [9.17, 15) is 0 Å². The molecule has 1 aliphatic heterocycles. The van der Waals surface area contributed by atoms with Crippen LogP contribution in [0.15, 0.2) is 34.6 Å². The van der Waals surface area contributed by atoms with E-state index in [0.29, 0.717) is 0 Å². The number of aromatic nitrogens is 1. The highest BCUT2D eigenvalue weighted by atomic mass is 127. The third-order valence-electron chi connectivity index (χ3n) is 4.52. The second-order valence-corrected chi connectivity index (χ2v) is 7.18. The summed E-state index contributed by atoms with van der Waals surface area (Å²) in [5.41, 5.74) is 3.75. The lowest BCUT2D eigenvalue weighted by Crippen LogP contribution is -2.38. The zero-order valence-electron chi connectivity index (χ0n) is 15.5. The van der Waals surface area contributed by atoms with Gasteiger partial charge < -0.3 is 15.5 Å². The minimum atomic E-state index is 0. The molecule has 1 aromatic carbocycles. The number of nitrogens with zero attached hydrogens (tertiary/aromatic N) is 3. The van der Waals surface area contributed by atoms with Crippen LogP contribution in [0.2, 0.25) is 0 Å². The Labute approximate surface area is 177 Å². The average Bonchev–Trinajstić information content (AvgIpc) is 3.30. The normalized spacial score (nSPS) is 14.2. The monoisotopic (exact) mass is 485 g/mol. The molecule has 0 amide bonds. The Morgan fingerprint density at radius 2 is 2.00 bits per heavy atom. The second-order valence-electron chi connectivity index (χ2n) is 6.34. The van der Waals surface area contributed by atoms with Gasteiger partial charge in [-0.05, 0) is 30.9 Å². The van der Waals surface area contributed by atoms with Crippen molar-refractivity contribution in [3.05, 3.63) is 46.5 Å². The van der Waals surface area contributed by atoms with Crippen LogP contribution in [0.25, 0.3) is 0 Å². The lowest BCUT2D eigenvalue weighted by molar-refractivity contribution is 0.784. The van der Waals surface area contributed by atoms with Crippen LogP contribution in [-0.4, -0.2) is 37.6 Å². The van der Waals surface area contributed by atoms with E-state index in [-0.39, 0.29) is 24.0 Å². The van der Waals surface area contributed by atoms with Crippen LogP contribution >= 0.6 is 35.3 Å². The van der Waals surface area contributed by atoms with Gasteiger partial charge in [-0.15, -0.1) is 35.3 Å². The van der Waals surface area contributed by atoms with E-state index < -0.39 is 0 Å². The molecule has 0 unspecified atom stereocenters. The van der Waals surface area contributed by atoms with E-state index in [1.807, 2.05) is 7.05 Å².